The van der Waals surface area contributed by atoms with Crippen LogP contribution in [0.4, 0.5) is 0 Å². The van der Waals surface area contributed by atoms with Gasteiger partial charge in [-0.1, -0.05) is 33.2 Å². The van der Waals surface area contributed by atoms with E-state index in [4.69, 9.17) is 10.9 Å². The second kappa shape index (κ2) is 7.29. The van der Waals surface area contributed by atoms with Gasteiger partial charge in [-0.2, -0.15) is 0 Å². The van der Waals surface area contributed by atoms with Crippen LogP contribution in [0.5, 0.6) is 0 Å². The molecule has 1 rings (SSSR count). The topological polar surface area (TPSA) is 70.6 Å². The highest BCUT2D eigenvalue weighted by Gasteiger charge is 2.03. The predicted molar refractivity (Wildman–Crippen MR) is 73.2 cm³/mol. The normalized spacial score (nSPS) is 13.6. The second-order valence-corrected chi connectivity index (χ2v) is 4.84. The van der Waals surface area contributed by atoms with Gasteiger partial charge in [0.15, 0.2) is 0 Å². The number of rotatable bonds is 6. The van der Waals surface area contributed by atoms with Gasteiger partial charge in [-0.25, -0.2) is 0 Å². The smallest absolute Gasteiger partial charge is 0.139 e. The Kier molecular flexibility index (Phi) is 6.00. The number of nitrogens with zero attached hydrogens (tertiary/aromatic N) is 1. The maximum atomic E-state index is 8.39. The van der Waals surface area contributed by atoms with Crippen molar-refractivity contribution in [3.05, 3.63) is 34.3 Å². The molecule has 5 heteroatoms. The summed E-state index contributed by atoms with van der Waals surface area (Å²) in [6, 6.07) is 8.54. The molecule has 0 heterocycles. The number of hydrogen-bond donors (Lipinski definition) is 3. The Labute approximate surface area is 110 Å². The molecule has 0 aliphatic carbocycles. The van der Waals surface area contributed by atoms with E-state index < -0.39 is 0 Å². The third kappa shape index (κ3) is 5.19. The first-order chi connectivity index (χ1) is 8.13. The van der Waals surface area contributed by atoms with Crippen molar-refractivity contribution in [1.29, 1.82) is 0 Å². The molecule has 0 saturated heterocycles. The van der Waals surface area contributed by atoms with Gasteiger partial charge in [0.2, 0.25) is 0 Å². The SMILES string of the molecule is C[C@H](NCCC/C(N)=N/O)c1ccc(Br)cc1. The number of amidine groups is 1. The molecule has 1 aromatic rings. The monoisotopic (exact) mass is 299 g/mol. The third-order valence-electron chi connectivity index (χ3n) is 2.56. The van der Waals surface area contributed by atoms with Crippen LogP contribution in [0.3, 0.4) is 0 Å². The number of hydrogen-bond acceptors (Lipinski definition) is 3. The van der Waals surface area contributed by atoms with E-state index in [1.807, 2.05) is 12.1 Å². The van der Waals surface area contributed by atoms with Crippen LogP contribution in [0, 0.1) is 0 Å². The second-order valence-electron chi connectivity index (χ2n) is 3.92. The van der Waals surface area contributed by atoms with Crippen molar-refractivity contribution in [3.63, 3.8) is 0 Å². The molecule has 1 aromatic carbocycles. The molecule has 1 atom stereocenters. The molecule has 4 nitrogen and oxygen atoms in total. The Balaban J connectivity index is 2.30. The number of nitrogens with two attached hydrogens (primary N) is 1. The van der Waals surface area contributed by atoms with Crippen molar-refractivity contribution in [2.45, 2.75) is 25.8 Å². The molecule has 0 amide bonds. The lowest BCUT2D eigenvalue weighted by atomic mass is 10.1. The summed E-state index contributed by atoms with van der Waals surface area (Å²) in [4.78, 5) is 0. The Morgan fingerprint density at radius 1 is 1.47 bits per heavy atom. The van der Waals surface area contributed by atoms with Crippen LogP contribution < -0.4 is 11.1 Å². The van der Waals surface area contributed by atoms with Gasteiger partial charge in [0.25, 0.3) is 0 Å². The Morgan fingerprint density at radius 3 is 2.71 bits per heavy atom. The molecule has 0 saturated carbocycles. The molecule has 94 valence electrons. The minimum Gasteiger partial charge on any atom is -0.409 e. The van der Waals surface area contributed by atoms with Crippen LogP contribution in [0.1, 0.15) is 31.4 Å². The number of oxime groups is 1. The third-order valence-corrected chi connectivity index (χ3v) is 3.09. The van der Waals surface area contributed by atoms with Crippen molar-refractivity contribution in [2.24, 2.45) is 10.9 Å². The highest BCUT2D eigenvalue weighted by Crippen LogP contribution is 2.16. The van der Waals surface area contributed by atoms with Gasteiger partial charge in [0.05, 0.1) is 0 Å². The van der Waals surface area contributed by atoms with E-state index in [1.165, 1.54) is 5.56 Å². The molecule has 0 spiro atoms. The minimum absolute atomic E-state index is 0.281. The molecule has 0 aromatic heterocycles. The first-order valence-corrected chi connectivity index (χ1v) is 6.38. The van der Waals surface area contributed by atoms with Gasteiger partial charge >= 0.3 is 0 Å². The molecule has 17 heavy (non-hydrogen) atoms. The fourth-order valence-corrected chi connectivity index (χ4v) is 1.77. The van der Waals surface area contributed by atoms with Gasteiger partial charge in [0.1, 0.15) is 5.84 Å². The van der Waals surface area contributed by atoms with E-state index >= 15 is 0 Å². The molecule has 0 fully saturated rings. The van der Waals surface area contributed by atoms with E-state index in [2.05, 4.69) is 45.5 Å². The average molecular weight is 300 g/mol. The fraction of sp³-hybridized carbons (Fsp3) is 0.417. The lowest BCUT2D eigenvalue weighted by Crippen LogP contribution is -2.21. The van der Waals surface area contributed by atoms with Crippen molar-refractivity contribution < 1.29 is 5.21 Å². The first kappa shape index (κ1) is 14.0. The largest absolute Gasteiger partial charge is 0.409 e. The lowest BCUT2D eigenvalue weighted by molar-refractivity contribution is 0.316. The standard InChI is InChI=1S/C12H18BrN3O/c1-9(10-4-6-11(13)7-5-10)15-8-2-3-12(14)16-17/h4-7,9,15,17H,2-3,8H2,1H3,(H2,14,16)/t9-/m0/s1. The summed E-state index contributed by atoms with van der Waals surface area (Å²) in [5, 5.41) is 14.7. The van der Waals surface area contributed by atoms with E-state index in [0.29, 0.717) is 12.5 Å². The summed E-state index contributed by atoms with van der Waals surface area (Å²) in [7, 11) is 0. The predicted octanol–water partition coefficient (Wildman–Crippen LogP) is 2.63. The fourth-order valence-electron chi connectivity index (χ4n) is 1.51. The molecule has 0 unspecified atom stereocenters. The first-order valence-electron chi connectivity index (χ1n) is 5.58. The summed E-state index contributed by atoms with van der Waals surface area (Å²) in [5.41, 5.74) is 6.63. The van der Waals surface area contributed by atoms with Crippen molar-refractivity contribution in [2.75, 3.05) is 6.54 Å². The molecule has 0 bridgehead atoms. The van der Waals surface area contributed by atoms with E-state index in [9.17, 15) is 0 Å². The minimum atomic E-state index is 0.281. The van der Waals surface area contributed by atoms with Gasteiger partial charge < -0.3 is 16.3 Å². The quantitative estimate of drug-likeness (QED) is 0.249. The Hall–Kier alpha value is -1.07. The highest BCUT2D eigenvalue weighted by molar-refractivity contribution is 9.10. The van der Waals surface area contributed by atoms with Gasteiger partial charge in [-0.05, 0) is 37.6 Å². The van der Waals surface area contributed by atoms with E-state index in [0.717, 1.165) is 17.4 Å². The molecule has 0 aliphatic rings. The van der Waals surface area contributed by atoms with Crippen molar-refractivity contribution >= 4 is 21.8 Å². The molecule has 0 radical (unpaired) electrons. The molecular formula is C12H18BrN3O. The Bertz CT molecular complexity index is 365. The summed E-state index contributed by atoms with van der Waals surface area (Å²) in [5.74, 6) is 0.281. The number of nitrogens with one attached hydrogen (secondary N) is 1. The zero-order valence-electron chi connectivity index (χ0n) is 9.86. The van der Waals surface area contributed by atoms with Crippen LogP contribution in [-0.2, 0) is 0 Å². The zero-order chi connectivity index (χ0) is 12.7. The van der Waals surface area contributed by atoms with E-state index in [1.54, 1.807) is 0 Å². The molecule has 0 aliphatic heterocycles. The van der Waals surface area contributed by atoms with Crippen LogP contribution >= 0.6 is 15.9 Å². The van der Waals surface area contributed by atoms with Crippen molar-refractivity contribution in [1.82, 2.24) is 5.32 Å². The van der Waals surface area contributed by atoms with Crippen LogP contribution in [0.15, 0.2) is 33.9 Å². The molecule has 4 N–H and O–H groups in total. The average Bonchev–Trinajstić information content (AvgIpc) is 2.34. The van der Waals surface area contributed by atoms with Crippen LogP contribution in [0.2, 0.25) is 0 Å². The highest BCUT2D eigenvalue weighted by atomic mass is 79.9. The summed E-state index contributed by atoms with van der Waals surface area (Å²) >= 11 is 3.41. The number of benzene rings is 1. The maximum Gasteiger partial charge on any atom is 0.139 e. The van der Waals surface area contributed by atoms with Crippen LogP contribution in [0.25, 0.3) is 0 Å². The van der Waals surface area contributed by atoms with Crippen molar-refractivity contribution in [3.8, 4) is 0 Å². The number of halogens is 1. The summed E-state index contributed by atoms with van der Waals surface area (Å²) < 4.78 is 1.08. The zero-order valence-corrected chi connectivity index (χ0v) is 11.4. The Morgan fingerprint density at radius 2 is 2.12 bits per heavy atom. The maximum absolute atomic E-state index is 8.39. The summed E-state index contributed by atoms with van der Waals surface area (Å²) in [6.07, 6.45) is 1.47. The van der Waals surface area contributed by atoms with Gasteiger partial charge in [-0.15, -0.1) is 0 Å². The lowest BCUT2D eigenvalue weighted by Gasteiger charge is -2.14. The summed E-state index contributed by atoms with van der Waals surface area (Å²) in [6.45, 7) is 2.96. The van der Waals surface area contributed by atoms with Gasteiger partial charge in [0, 0.05) is 16.9 Å². The van der Waals surface area contributed by atoms with Gasteiger partial charge in [-0.3, -0.25) is 0 Å². The molecular weight excluding hydrogens is 282 g/mol. The van der Waals surface area contributed by atoms with Crippen LogP contribution in [-0.4, -0.2) is 17.6 Å². The van der Waals surface area contributed by atoms with E-state index in [-0.39, 0.29) is 5.84 Å².